The zero-order valence-corrected chi connectivity index (χ0v) is 8.64. The molecular weight excluding hydrogens is 198 g/mol. The van der Waals surface area contributed by atoms with Crippen molar-refractivity contribution < 1.29 is 14.8 Å². The predicted molar refractivity (Wildman–Crippen MR) is 55.0 cm³/mol. The number of nitrogens with zero attached hydrogens (tertiary/aromatic N) is 1. The fourth-order valence-corrected chi connectivity index (χ4v) is 1.35. The summed E-state index contributed by atoms with van der Waals surface area (Å²) in [6.07, 6.45) is -0.122. The first-order valence-corrected chi connectivity index (χ1v) is 4.54. The van der Waals surface area contributed by atoms with Crippen molar-refractivity contribution >= 4 is 5.69 Å². The summed E-state index contributed by atoms with van der Waals surface area (Å²) in [5.74, 6) is 0.231. The minimum Gasteiger partial charge on any atom is -0.490 e. The Bertz CT molecular complexity index is 362. The molecule has 0 radical (unpaired) electrons. The largest absolute Gasteiger partial charge is 0.490 e. The molecule has 0 aliphatic heterocycles. The first-order chi connectivity index (χ1) is 7.04. The Morgan fingerprint density at radius 1 is 1.60 bits per heavy atom. The molecule has 5 heteroatoms. The minimum absolute atomic E-state index is 0.0735. The highest BCUT2D eigenvalue weighted by Crippen LogP contribution is 2.27. The van der Waals surface area contributed by atoms with Gasteiger partial charge in [0, 0.05) is 6.07 Å². The quantitative estimate of drug-likeness (QED) is 0.605. The van der Waals surface area contributed by atoms with Crippen molar-refractivity contribution in [1.29, 1.82) is 0 Å². The van der Waals surface area contributed by atoms with Gasteiger partial charge in [-0.1, -0.05) is 6.07 Å². The molecule has 0 saturated carbocycles. The molecule has 1 atom stereocenters. The summed E-state index contributed by atoms with van der Waals surface area (Å²) in [6, 6.07) is 4.67. The van der Waals surface area contributed by atoms with Gasteiger partial charge in [-0.3, -0.25) is 10.1 Å². The lowest BCUT2D eigenvalue weighted by Gasteiger charge is -2.06. The highest BCUT2D eigenvalue weighted by molar-refractivity contribution is 5.48. The standard InChI is InChI=1S/C10H13NO4/c1-7(12)5-8-3-4-10(15-2)9(6-8)11(13)14/h3-4,6-7,12H,5H2,1-2H3/t7-/m0/s1. The molecule has 1 rings (SSSR count). The second-order valence-electron chi connectivity index (χ2n) is 3.32. The molecule has 0 amide bonds. The summed E-state index contributed by atoms with van der Waals surface area (Å²) in [5.41, 5.74) is 0.646. The third-order valence-corrected chi connectivity index (χ3v) is 1.97. The highest BCUT2D eigenvalue weighted by atomic mass is 16.6. The van der Waals surface area contributed by atoms with E-state index in [0.29, 0.717) is 6.42 Å². The van der Waals surface area contributed by atoms with E-state index in [-0.39, 0.29) is 11.4 Å². The fourth-order valence-electron chi connectivity index (χ4n) is 1.35. The molecule has 15 heavy (non-hydrogen) atoms. The van der Waals surface area contributed by atoms with Gasteiger partial charge in [0.05, 0.1) is 18.1 Å². The number of hydrogen-bond acceptors (Lipinski definition) is 4. The van der Waals surface area contributed by atoms with Gasteiger partial charge in [-0.25, -0.2) is 0 Å². The molecule has 0 bridgehead atoms. The normalized spacial score (nSPS) is 12.2. The second kappa shape index (κ2) is 4.75. The third kappa shape index (κ3) is 2.92. The van der Waals surface area contributed by atoms with Gasteiger partial charge >= 0.3 is 5.69 Å². The zero-order valence-electron chi connectivity index (χ0n) is 8.64. The van der Waals surface area contributed by atoms with E-state index < -0.39 is 11.0 Å². The number of aliphatic hydroxyl groups is 1. The van der Waals surface area contributed by atoms with Crippen LogP contribution in [-0.4, -0.2) is 23.2 Å². The van der Waals surface area contributed by atoms with Gasteiger partial charge in [-0.2, -0.15) is 0 Å². The van der Waals surface area contributed by atoms with Crippen LogP contribution in [0.5, 0.6) is 5.75 Å². The van der Waals surface area contributed by atoms with E-state index in [2.05, 4.69) is 0 Å². The van der Waals surface area contributed by atoms with E-state index in [0.717, 1.165) is 5.56 Å². The van der Waals surface area contributed by atoms with Crippen molar-refractivity contribution in [2.75, 3.05) is 7.11 Å². The van der Waals surface area contributed by atoms with E-state index in [4.69, 9.17) is 9.84 Å². The molecule has 82 valence electrons. The molecule has 1 aromatic rings. The van der Waals surface area contributed by atoms with Gasteiger partial charge in [0.2, 0.25) is 0 Å². The molecule has 1 aromatic carbocycles. The maximum Gasteiger partial charge on any atom is 0.311 e. The smallest absolute Gasteiger partial charge is 0.311 e. The van der Waals surface area contributed by atoms with Crippen molar-refractivity contribution in [3.63, 3.8) is 0 Å². The lowest BCUT2D eigenvalue weighted by Crippen LogP contribution is -2.04. The van der Waals surface area contributed by atoms with E-state index in [9.17, 15) is 10.1 Å². The molecule has 0 spiro atoms. The summed E-state index contributed by atoms with van der Waals surface area (Å²) >= 11 is 0. The van der Waals surface area contributed by atoms with Crippen molar-refractivity contribution in [1.82, 2.24) is 0 Å². The number of benzene rings is 1. The van der Waals surface area contributed by atoms with Crippen LogP contribution in [0.25, 0.3) is 0 Å². The average molecular weight is 211 g/mol. The molecule has 0 aliphatic carbocycles. The molecule has 0 aliphatic rings. The molecule has 0 aromatic heterocycles. The lowest BCUT2D eigenvalue weighted by atomic mass is 10.1. The monoisotopic (exact) mass is 211 g/mol. The van der Waals surface area contributed by atoms with E-state index >= 15 is 0 Å². The topological polar surface area (TPSA) is 72.6 Å². The Kier molecular flexibility index (Phi) is 3.62. The van der Waals surface area contributed by atoms with Gasteiger partial charge in [0.1, 0.15) is 0 Å². The van der Waals surface area contributed by atoms with Crippen LogP contribution in [0.1, 0.15) is 12.5 Å². The van der Waals surface area contributed by atoms with Crippen molar-refractivity contribution in [3.8, 4) is 5.75 Å². The van der Waals surface area contributed by atoms with Gasteiger partial charge in [-0.15, -0.1) is 0 Å². The number of aliphatic hydroxyl groups excluding tert-OH is 1. The lowest BCUT2D eigenvalue weighted by molar-refractivity contribution is -0.385. The Balaban J connectivity index is 3.05. The van der Waals surface area contributed by atoms with Crippen LogP contribution < -0.4 is 4.74 Å². The van der Waals surface area contributed by atoms with E-state index in [1.807, 2.05) is 0 Å². The molecule has 0 unspecified atom stereocenters. The maximum absolute atomic E-state index is 10.7. The van der Waals surface area contributed by atoms with Crippen LogP contribution >= 0.6 is 0 Å². The third-order valence-electron chi connectivity index (χ3n) is 1.97. The molecular formula is C10H13NO4. The van der Waals surface area contributed by atoms with Crippen molar-refractivity contribution in [2.24, 2.45) is 0 Å². The van der Waals surface area contributed by atoms with Gasteiger partial charge in [-0.05, 0) is 25.0 Å². The van der Waals surface area contributed by atoms with Gasteiger partial charge in [0.25, 0.3) is 0 Å². The molecule has 1 N–H and O–H groups in total. The zero-order chi connectivity index (χ0) is 11.4. The Labute approximate surface area is 87.5 Å². The van der Waals surface area contributed by atoms with Crippen molar-refractivity contribution in [2.45, 2.75) is 19.4 Å². The Hall–Kier alpha value is -1.62. The number of methoxy groups -OCH3 is 1. The van der Waals surface area contributed by atoms with E-state index in [1.165, 1.54) is 19.2 Å². The van der Waals surface area contributed by atoms with Gasteiger partial charge in [0.15, 0.2) is 5.75 Å². The fraction of sp³-hybridized carbons (Fsp3) is 0.400. The van der Waals surface area contributed by atoms with Crippen molar-refractivity contribution in [3.05, 3.63) is 33.9 Å². The summed E-state index contributed by atoms with van der Waals surface area (Å²) < 4.78 is 4.86. The van der Waals surface area contributed by atoms with Crippen LogP contribution in [0.3, 0.4) is 0 Å². The van der Waals surface area contributed by atoms with Crippen LogP contribution in [0.15, 0.2) is 18.2 Å². The Morgan fingerprint density at radius 2 is 2.27 bits per heavy atom. The van der Waals surface area contributed by atoms with Crippen LogP contribution in [0.2, 0.25) is 0 Å². The highest BCUT2D eigenvalue weighted by Gasteiger charge is 2.15. The summed E-state index contributed by atoms with van der Waals surface area (Å²) in [4.78, 5) is 10.2. The number of nitro benzene ring substituents is 1. The van der Waals surface area contributed by atoms with Crippen LogP contribution in [0.4, 0.5) is 5.69 Å². The summed E-state index contributed by atoms with van der Waals surface area (Å²) in [7, 11) is 1.39. The number of nitro groups is 1. The number of ether oxygens (including phenoxy) is 1. The van der Waals surface area contributed by atoms with Crippen LogP contribution in [0, 0.1) is 10.1 Å². The first kappa shape index (κ1) is 11.5. The van der Waals surface area contributed by atoms with Crippen LogP contribution in [-0.2, 0) is 6.42 Å². The molecule has 0 fully saturated rings. The molecule has 0 saturated heterocycles. The van der Waals surface area contributed by atoms with Gasteiger partial charge < -0.3 is 9.84 Å². The summed E-state index contributed by atoms with van der Waals surface area (Å²) in [6.45, 7) is 1.63. The Morgan fingerprint density at radius 3 is 2.73 bits per heavy atom. The maximum atomic E-state index is 10.7. The minimum atomic E-state index is -0.516. The average Bonchev–Trinajstić information content (AvgIpc) is 2.16. The molecule has 5 nitrogen and oxygen atoms in total. The van der Waals surface area contributed by atoms with E-state index in [1.54, 1.807) is 13.0 Å². The first-order valence-electron chi connectivity index (χ1n) is 4.54. The predicted octanol–water partition coefficient (Wildman–Crippen LogP) is 1.53. The molecule has 0 heterocycles. The second-order valence-corrected chi connectivity index (χ2v) is 3.32. The number of hydrogen-bond donors (Lipinski definition) is 1. The summed E-state index contributed by atoms with van der Waals surface area (Å²) in [5, 5.41) is 19.8. The number of rotatable bonds is 4. The SMILES string of the molecule is COc1ccc(C[C@H](C)O)cc1[N+](=O)[O-].